The summed E-state index contributed by atoms with van der Waals surface area (Å²) in [7, 11) is 1.84. The lowest BCUT2D eigenvalue weighted by Gasteiger charge is -2.05. The Morgan fingerprint density at radius 1 is 1.16 bits per heavy atom. The van der Waals surface area contributed by atoms with Crippen LogP contribution in [0.2, 0.25) is 0 Å². The maximum atomic E-state index is 5.79. The first-order valence-electron chi connectivity index (χ1n) is 6.05. The van der Waals surface area contributed by atoms with E-state index in [2.05, 4.69) is 22.2 Å². The molecule has 0 bridgehead atoms. The second-order valence-corrected chi connectivity index (χ2v) is 4.47. The van der Waals surface area contributed by atoms with Crippen molar-refractivity contribution in [3.8, 4) is 16.9 Å². The largest absolute Gasteiger partial charge is 0.384 e. The molecule has 0 aliphatic heterocycles. The molecule has 2 aromatic heterocycles. The van der Waals surface area contributed by atoms with Crippen LogP contribution in [0.4, 0.5) is 5.82 Å². The average Bonchev–Trinajstić information content (AvgIpc) is 2.97. The molecule has 1 aromatic carbocycles. The van der Waals surface area contributed by atoms with Crippen molar-refractivity contribution in [1.29, 1.82) is 0 Å². The number of aromatic nitrogens is 4. The number of nitrogens with two attached hydrogens (primary N) is 1. The fraction of sp³-hybridized carbons (Fsp3) is 0.143. The van der Waals surface area contributed by atoms with Gasteiger partial charge in [-0.1, -0.05) is 12.1 Å². The predicted octanol–water partition coefficient (Wildman–Crippen LogP) is 2.16. The fourth-order valence-electron chi connectivity index (χ4n) is 2.07. The molecule has 0 aliphatic rings. The molecule has 0 atom stereocenters. The van der Waals surface area contributed by atoms with E-state index < -0.39 is 0 Å². The highest BCUT2D eigenvalue weighted by molar-refractivity contribution is 5.63. The second kappa shape index (κ2) is 4.28. The number of hydrogen-bond donors (Lipinski definition) is 1. The van der Waals surface area contributed by atoms with E-state index in [1.54, 1.807) is 10.9 Å². The lowest BCUT2D eigenvalue weighted by Crippen LogP contribution is -1.96. The van der Waals surface area contributed by atoms with Crippen LogP contribution >= 0.6 is 0 Å². The van der Waals surface area contributed by atoms with Gasteiger partial charge in [0.15, 0.2) is 0 Å². The van der Waals surface area contributed by atoms with Gasteiger partial charge in [0, 0.05) is 36.8 Å². The molecule has 0 amide bonds. The van der Waals surface area contributed by atoms with Crippen LogP contribution in [0.3, 0.4) is 0 Å². The van der Waals surface area contributed by atoms with Gasteiger partial charge in [0.1, 0.15) is 11.6 Å². The topological polar surface area (TPSA) is 61.7 Å². The summed E-state index contributed by atoms with van der Waals surface area (Å²) in [5.74, 6) is 1.62. The van der Waals surface area contributed by atoms with Gasteiger partial charge in [-0.3, -0.25) is 4.68 Å². The van der Waals surface area contributed by atoms with Gasteiger partial charge < -0.3 is 10.3 Å². The molecular formula is C14H15N5. The molecule has 19 heavy (non-hydrogen) atoms. The summed E-state index contributed by atoms with van der Waals surface area (Å²) in [6.45, 7) is 1.98. The smallest absolute Gasteiger partial charge is 0.121 e. The Bertz CT molecular complexity index is 686. The Labute approximate surface area is 111 Å². The molecule has 3 aromatic rings. The number of aryl methyl sites for hydroxylation is 2. The molecule has 0 aliphatic carbocycles. The first kappa shape index (κ1) is 11.5. The van der Waals surface area contributed by atoms with Crippen LogP contribution in [0.15, 0.2) is 42.7 Å². The third-order valence-electron chi connectivity index (χ3n) is 3.18. The normalized spacial score (nSPS) is 10.8. The van der Waals surface area contributed by atoms with E-state index in [9.17, 15) is 0 Å². The van der Waals surface area contributed by atoms with Crippen molar-refractivity contribution in [3.05, 3.63) is 48.5 Å². The minimum Gasteiger partial charge on any atom is -0.384 e. The Balaban J connectivity index is 1.97. The third-order valence-corrected chi connectivity index (χ3v) is 3.18. The first-order chi connectivity index (χ1) is 9.15. The highest BCUT2D eigenvalue weighted by Crippen LogP contribution is 2.21. The van der Waals surface area contributed by atoms with Crippen molar-refractivity contribution in [3.63, 3.8) is 0 Å². The summed E-state index contributed by atoms with van der Waals surface area (Å²) in [6.07, 6.45) is 3.74. The van der Waals surface area contributed by atoms with E-state index >= 15 is 0 Å². The molecule has 5 heteroatoms. The van der Waals surface area contributed by atoms with Crippen LogP contribution in [-0.2, 0) is 7.05 Å². The molecule has 0 saturated heterocycles. The van der Waals surface area contributed by atoms with Gasteiger partial charge in [-0.15, -0.1) is 0 Å². The highest BCUT2D eigenvalue weighted by atomic mass is 15.3. The number of anilines is 1. The lowest BCUT2D eigenvalue weighted by molar-refractivity contribution is 0.782. The van der Waals surface area contributed by atoms with Gasteiger partial charge in [0.05, 0.1) is 5.69 Å². The minimum absolute atomic E-state index is 0.657. The SMILES string of the molecule is Cc1nccn1-c1ccc(-c2cc(N)n(C)n2)cc1. The number of benzene rings is 1. The molecule has 0 spiro atoms. The van der Waals surface area contributed by atoms with Crippen molar-refractivity contribution in [2.45, 2.75) is 6.92 Å². The third kappa shape index (κ3) is 1.99. The zero-order valence-electron chi connectivity index (χ0n) is 10.9. The van der Waals surface area contributed by atoms with Crippen LogP contribution in [0.5, 0.6) is 0 Å². The van der Waals surface area contributed by atoms with Crippen LogP contribution in [0.1, 0.15) is 5.82 Å². The van der Waals surface area contributed by atoms with E-state index in [4.69, 9.17) is 5.73 Å². The van der Waals surface area contributed by atoms with Crippen LogP contribution < -0.4 is 5.73 Å². The van der Waals surface area contributed by atoms with Gasteiger partial charge in [-0.2, -0.15) is 5.10 Å². The molecule has 3 rings (SSSR count). The zero-order chi connectivity index (χ0) is 13.4. The molecule has 96 valence electrons. The quantitative estimate of drug-likeness (QED) is 0.761. The first-order valence-corrected chi connectivity index (χ1v) is 6.05. The van der Waals surface area contributed by atoms with E-state index in [-0.39, 0.29) is 0 Å². The van der Waals surface area contributed by atoms with E-state index in [1.807, 2.05) is 42.9 Å². The van der Waals surface area contributed by atoms with Gasteiger partial charge in [0.2, 0.25) is 0 Å². The molecule has 2 N–H and O–H groups in total. The maximum absolute atomic E-state index is 5.79. The average molecular weight is 253 g/mol. The van der Waals surface area contributed by atoms with Crippen LogP contribution in [-0.4, -0.2) is 19.3 Å². The Hall–Kier alpha value is -2.56. The molecule has 0 fully saturated rings. The summed E-state index contributed by atoms with van der Waals surface area (Å²) in [6, 6.07) is 10.0. The standard InChI is InChI=1S/C14H15N5/c1-10-16-7-8-19(10)12-5-3-11(4-6-12)13-9-14(15)18(2)17-13/h3-9H,15H2,1-2H3. The number of nitrogens with zero attached hydrogens (tertiary/aromatic N) is 4. The summed E-state index contributed by atoms with van der Waals surface area (Å²) in [5.41, 5.74) is 8.81. The lowest BCUT2D eigenvalue weighted by atomic mass is 10.1. The van der Waals surface area contributed by atoms with Crippen molar-refractivity contribution in [1.82, 2.24) is 19.3 Å². The summed E-state index contributed by atoms with van der Waals surface area (Å²) < 4.78 is 3.71. The number of hydrogen-bond acceptors (Lipinski definition) is 3. The van der Waals surface area contributed by atoms with Crippen molar-refractivity contribution < 1.29 is 0 Å². The molecule has 5 nitrogen and oxygen atoms in total. The number of imidazole rings is 1. The highest BCUT2D eigenvalue weighted by Gasteiger charge is 2.05. The van der Waals surface area contributed by atoms with Gasteiger partial charge in [0.25, 0.3) is 0 Å². The van der Waals surface area contributed by atoms with Crippen molar-refractivity contribution >= 4 is 5.82 Å². The predicted molar refractivity (Wildman–Crippen MR) is 74.9 cm³/mol. The van der Waals surface area contributed by atoms with Crippen LogP contribution in [0, 0.1) is 6.92 Å². The molecule has 2 heterocycles. The molecule has 0 radical (unpaired) electrons. The van der Waals surface area contributed by atoms with Crippen LogP contribution in [0.25, 0.3) is 16.9 Å². The maximum Gasteiger partial charge on any atom is 0.121 e. The van der Waals surface area contributed by atoms with Gasteiger partial charge in [-0.05, 0) is 19.1 Å². The van der Waals surface area contributed by atoms with Gasteiger partial charge in [-0.25, -0.2) is 4.98 Å². The summed E-state index contributed by atoms with van der Waals surface area (Å²) >= 11 is 0. The van der Waals surface area contributed by atoms with Gasteiger partial charge >= 0.3 is 0 Å². The summed E-state index contributed by atoms with van der Waals surface area (Å²) in [5, 5.41) is 4.36. The molecule has 0 saturated carbocycles. The van der Waals surface area contributed by atoms with E-state index in [0.29, 0.717) is 5.82 Å². The fourth-order valence-corrected chi connectivity index (χ4v) is 2.07. The Morgan fingerprint density at radius 2 is 1.89 bits per heavy atom. The Morgan fingerprint density at radius 3 is 2.42 bits per heavy atom. The second-order valence-electron chi connectivity index (χ2n) is 4.47. The Kier molecular flexibility index (Phi) is 2.59. The summed E-state index contributed by atoms with van der Waals surface area (Å²) in [4.78, 5) is 4.22. The molecular weight excluding hydrogens is 238 g/mol. The minimum atomic E-state index is 0.657. The van der Waals surface area contributed by atoms with E-state index in [0.717, 1.165) is 22.8 Å². The van der Waals surface area contributed by atoms with Crippen molar-refractivity contribution in [2.75, 3.05) is 5.73 Å². The number of rotatable bonds is 2. The zero-order valence-corrected chi connectivity index (χ0v) is 10.9. The molecule has 0 unspecified atom stereocenters. The monoisotopic (exact) mass is 253 g/mol. The van der Waals surface area contributed by atoms with Crippen molar-refractivity contribution in [2.24, 2.45) is 7.05 Å². The number of nitrogen functional groups attached to an aromatic ring is 1. The van der Waals surface area contributed by atoms with E-state index in [1.165, 1.54) is 0 Å².